The minimum absolute atomic E-state index is 0.0806. The van der Waals surface area contributed by atoms with Crippen LogP contribution in [0.2, 0.25) is 0 Å². The molecule has 0 fully saturated rings. The number of phenols is 1. The van der Waals surface area contributed by atoms with Crippen LogP contribution >= 0.6 is 11.3 Å². The summed E-state index contributed by atoms with van der Waals surface area (Å²) in [5.41, 5.74) is 7.43. The van der Waals surface area contributed by atoms with Gasteiger partial charge in [0.1, 0.15) is 29.2 Å². The first-order valence-corrected chi connectivity index (χ1v) is 13.4. The van der Waals surface area contributed by atoms with Crippen LogP contribution in [0.5, 0.6) is 11.5 Å². The van der Waals surface area contributed by atoms with E-state index >= 15 is 0 Å². The van der Waals surface area contributed by atoms with Crippen molar-refractivity contribution in [2.75, 3.05) is 7.11 Å². The predicted molar refractivity (Wildman–Crippen MR) is 161 cm³/mol. The van der Waals surface area contributed by atoms with E-state index in [9.17, 15) is 15.6 Å². The van der Waals surface area contributed by atoms with Gasteiger partial charge in [0.15, 0.2) is 0 Å². The van der Waals surface area contributed by atoms with Crippen molar-refractivity contribution in [3.8, 4) is 23.6 Å². The molecular weight excluding hydrogens is 512 g/mol. The van der Waals surface area contributed by atoms with Gasteiger partial charge in [-0.3, -0.25) is 0 Å². The van der Waals surface area contributed by atoms with Gasteiger partial charge in [0, 0.05) is 10.5 Å². The maximum atomic E-state index is 10.0. The molecule has 0 atom stereocenters. The third-order valence-electron chi connectivity index (χ3n) is 6.55. The molecule has 0 amide bonds. The predicted octanol–water partition coefficient (Wildman–Crippen LogP) is 8.32. The van der Waals surface area contributed by atoms with Gasteiger partial charge in [-0.2, -0.15) is 10.5 Å². The van der Waals surface area contributed by atoms with Crippen molar-refractivity contribution in [1.82, 2.24) is 0 Å². The van der Waals surface area contributed by atoms with E-state index in [-0.39, 0.29) is 11.3 Å². The average Bonchev–Trinajstić information content (AvgIpc) is 3.54. The fourth-order valence-electron chi connectivity index (χ4n) is 4.67. The third-order valence-corrected chi connectivity index (χ3v) is 7.44. The van der Waals surface area contributed by atoms with Crippen molar-refractivity contribution in [3.05, 3.63) is 159 Å². The monoisotopic (exact) mass is 536 g/mol. The first-order valence-electron chi connectivity index (χ1n) is 12.6. The lowest BCUT2D eigenvalue weighted by atomic mass is 9.85. The molecule has 0 radical (unpaired) electrons. The molecule has 0 unspecified atom stereocenters. The van der Waals surface area contributed by atoms with Gasteiger partial charge in [0.2, 0.25) is 0 Å². The van der Waals surface area contributed by atoms with E-state index < -0.39 is 0 Å². The SMILES string of the molecule is COc1ccc(C(=C(c2ccccc2)c2ccc(C(=C(C#N)C#N)c3cccs3)cc2)c2ccc(O)cc2)cc1. The quantitative estimate of drug-likeness (QED) is 0.168. The van der Waals surface area contributed by atoms with Crippen LogP contribution < -0.4 is 4.74 Å². The number of methoxy groups -OCH3 is 1. The minimum atomic E-state index is 0.0806. The summed E-state index contributed by atoms with van der Waals surface area (Å²) in [4.78, 5) is 0.868. The summed E-state index contributed by atoms with van der Waals surface area (Å²) < 4.78 is 5.41. The van der Waals surface area contributed by atoms with Gasteiger partial charge in [-0.1, -0.05) is 84.9 Å². The molecule has 40 heavy (non-hydrogen) atoms. The lowest BCUT2D eigenvalue weighted by molar-refractivity contribution is 0.415. The molecule has 5 heteroatoms. The Bertz CT molecular complexity index is 1740. The van der Waals surface area contributed by atoms with Crippen LogP contribution in [0, 0.1) is 22.7 Å². The van der Waals surface area contributed by atoms with E-state index in [1.807, 2.05) is 96.4 Å². The number of phenolic OH excluding ortho intramolecular Hbond substituents is 1. The van der Waals surface area contributed by atoms with Crippen molar-refractivity contribution >= 4 is 28.1 Å². The minimum Gasteiger partial charge on any atom is -0.508 e. The number of nitriles is 2. The highest BCUT2D eigenvalue weighted by Gasteiger charge is 2.18. The second kappa shape index (κ2) is 12.0. The standard InChI is InChI=1S/C35H24N2O2S/c1-39-31-19-15-28(16-20-31)35(27-13-17-30(38)18-14-27)34(24-6-3-2-4-7-24)26-11-9-25(10-12-26)33(29(22-36)23-37)32-8-5-21-40-32/h2-21,38H,1H3. The van der Waals surface area contributed by atoms with E-state index in [4.69, 9.17) is 4.74 Å². The number of rotatable bonds is 7. The average molecular weight is 537 g/mol. The van der Waals surface area contributed by atoms with E-state index in [0.29, 0.717) is 5.57 Å². The van der Waals surface area contributed by atoms with Gasteiger partial charge in [-0.15, -0.1) is 11.3 Å². The van der Waals surface area contributed by atoms with Gasteiger partial charge in [0.25, 0.3) is 0 Å². The van der Waals surface area contributed by atoms with Gasteiger partial charge in [-0.05, 0) is 74.7 Å². The van der Waals surface area contributed by atoms with Gasteiger partial charge >= 0.3 is 0 Å². The molecule has 192 valence electrons. The Labute approximate surface area is 237 Å². The molecule has 5 aromatic rings. The molecule has 0 bridgehead atoms. The Balaban J connectivity index is 1.77. The normalized spacial score (nSPS) is 11.1. The number of ether oxygens (including phenoxy) is 1. The highest BCUT2D eigenvalue weighted by atomic mass is 32.1. The molecule has 0 saturated heterocycles. The Morgan fingerprint density at radius 1 is 0.600 bits per heavy atom. The molecule has 4 aromatic carbocycles. The molecule has 1 heterocycles. The molecule has 0 spiro atoms. The van der Waals surface area contributed by atoms with Crippen LogP contribution in [0.4, 0.5) is 0 Å². The Kier molecular flexibility index (Phi) is 7.88. The largest absolute Gasteiger partial charge is 0.508 e. The van der Waals surface area contributed by atoms with Crippen LogP contribution in [0.3, 0.4) is 0 Å². The highest BCUT2D eigenvalue weighted by Crippen LogP contribution is 2.39. The summed E-state index contributed by atoms with van der Waals surface area (Å²) in [7, 11) is 1.64. The van der Waals surface area contributed by atoms with Crippen LogP contribution in [-0.4, -0.2) is 12.2 Å². The molecule has 0 saturated carbocycles. The molecule has 1 N–H and O–H groups in total. The van der Waals surface area contributed by atoms with Gasteiger partial charge < -0.3 is 9.84 Å². The van der Waals surface area contributed by atoms with Crippen LogP contribution in [-0.2, 0) is 0 Å². The number of aromatic hydroxyl groups is 1. The Morgan fingerprint density at radius 2 is 1.07 bits per heavy atom. The number of nitrogens with zero attached hydrogens (tertiary/aromatic N) is 2. The van der Waals surface area contributed by atoms with Crippen molar-refractivity contribution in [2.45, 2.75) is 0 Å². The summed E-state index contributed by atoms with van der Waals surface area (Å²) in [6.45, 7) is 0. The van der Waals surface area contributed by atoms with E-state index in [1.165, 1.54) is 11.3 Å². The molecular formula is C35H24N2O2S. The lowest BCUT2D eigenvalue weighted by Crippen LogP contribution is -1.98. The zero-order valence-corrected chi connectivity index (χ0v) is 22.5. The molecule has 0 aliphatic heterocycles. The zero-order valence-electron chi connectivity index (χ0n) is 21.7. The third kappa shape index (κ3) is 5.42. The summed E-state index contributed by atoms with van der Waals surface area (Å²) >= 11 is 1.50. The van der Waals surface area contributed by atoms with E-state index in [0.717, 1.165) is 49.6 Å². The second-order valence-electron chi connectivity index (χ2n) is 8.92. The number of benzene rings is 4. The van der Waals surface area contributed by atoms with E-state index in [2.05, 4.69) is 24.3 Å². The molecule has 4 nitrogen and oxygen atoms in total. The summed E-state index contributed by atoms with van der Waals surface area (Å²) in [6, 6.07) is 41.2. The molecule has 0 aliphatic carbocycles. The number of hydrogen-bond donors (Lipinski definition) is 1. The van der Waals surface area contributed by atoms with Crippen LogP contribution in [0.1, 0.15) is 32.7 Å². The van der Waals surface area contributed by atoms with Gasteiger partial charge in [0.05, 0.1) is 7.11 Å². The van der Waals surface area contributed by atoms with Crippen molar-refractivity contribution in [3.63, 3.8) is 0 Å². The van der Waals surface area contributed by atoms with Crippen LogP contribution in [0.15, 0.2) is 126 Å². The first kappa shape index (κ1) is 26.3. The van der Waals surface area contributed by atoms with Crippen molar-refractivity contribution in [2.24, 2.45) is 0 Å². The van der Waals surface area contributed by atoms with Crippen LogP contribution in [0.25, 0.3) is 16.7 Å². The highest BCUT2D eigenvalue weighted by molar-refractivity contribution is 7.11. The number of hydrogen-bond acceptors (Lipinski definition) is 5. The zero-order chi connectivity index (χ0) is 27.9. The maximum absolute atomic E-state index is 10.0. The smallest absolute Gasteiger partial charge is 0.138 e. The van der Waals surface area contributed by atoms with Gasteiger partial charge in [-0.25, -0.2) is 0 Å². The maximum Gasteiger partial charge on any atom is 0.138 e. The summed E-state index contributed by atoms with van der Waals surface area (Å²) in [6.07, 6.45) is 0. The fraction of sp³-hybridized carbons (Fsp3) is 0.0286. The molecule has 5 rings (SSSR count). The summed E-state index contributed by atoms with van der Waals surface area (Å²) in [5.74, 6) is 0.959. The second-order valence-corrected chi connectivity index (χ2v) is 9.87. The summed E-state index contributed by atoms with van der Waals surface area (Å²) in [5, 5.41) is 31.3. The van der Waals surface area contributed by atoms with Crippen molar-refractivity contribution in [1.29, 1.82) is 10.5 Å². The van der Waals surface area contributed by atoms with Crippen molar-refractivity contribution < 1.29 is 9.84 Å². The topological polar surface area (TPSA) is 77.0 Å². The lowest BCUT2D eigenvalue weighted by Gasteiger charge is -2.19. The number of thiophene rings is 1. The fourth-order valence-corrected chi connectivity index (χ4v) is 5.47. The Morgan fingerprint density at radius 3 is 1.55 bits per heavy atom. The molecule has 0 aliphatic rings. The first-order chi connectivity index (χ1) is 19.6. The Hall–Kier alpha value is -5.36. The molecule has 1 aromatic heterocycles. The number of allylic oxidation sites excluding steroid dienone is 1. The van der Waals surface area contributed by atoms with E-state index in [1.54, 1.807) is 19.2 Å².